The molecule has 0 bridgehead atoms. The fraction of sp³-hybridized carbons (Fsp3) is 0.412. The third-order valence-electron chi connectivity index (χ3n) is 4.75. The van der Waals surface area contributed by atoms with Gasteiger partial charge in [0.2, 0.25) is 0 Å². The second-order valence-corrected chi connectivity index (χ2v) is 6.13. The molecule has 22 heavy (non-hydrogen) atoms. The van der Waals surface area contributed by atoms with Crippen LogP contribution in [0.15, 0.2) is 43.1 Å². The fourth-order valence-electron chi connectivity index (χ4n) is 3.45. The molecule has 0 saturated carbocycles. The second kappa shape index (κ2) is 5.57. The summed E-state index contributed by atoms with van der Waals surface area (Å²) in [6, 6.07) is 8.72. The van der Waals surface area contributed by atoms with Gasteiger partial charge in [0.15, 0.2) is 0 Å². The van der Waals surface area contributed by atoms with Crippen molar-refractivity contribution in [2.45, 2.75) is 19.9 Å². The maximum Gasteiger partial charge on any atom is 0.123 e. The Balaban J connectivity index is 1.62. The second-order valence-electron chi connectivity index (χ2n) is 6.13. The van der Waals surface area contributed by atoms with Crippen molar-refractivity contribution in [2.75, 3.05) is 19.6 Å². The van der Waals surface area contributed by atoms with Gasteiger partial charge in [-0.05, 0) is 49.0 Å². The van der Waals surface area contributed by atoms with Crippen LogP contribution in [0.5, 0.6) is 0 Å². The van der Waals surface area contributed by atoms with Crippen LogP contribution < -0.4 is 0 Å². The lowest BCUT2D eigenvalue weighted by Gasteiger charge is -2.14. The SMILES string of the molecule is CCN1CCC(Cn2ccc3ccc(-n4cnnc4)cc32)C1. The van der Waals surface area contributed by atoms with Gasteiger partial charge in [-0.15, -0.1) is 10.2 Å². The molecule has 3 aromatic rings. The number of likely N-dealkylation sites (tertiary alicyclic amines) is 1. The molecule has 0 N–H and O–H groups in total. The van der Waals surface area contributed by atoms with Crippen LogP contribution in [0.4, 0.5) is 0 Å². The lowest BCUT2D eigenvalue weighted by atomic mass is 10.1. The van der Waals surface area contributed by atoms with E-state index in [0.29, 0.717) is 0 Å². The van der Waals surface area contributed by atoms with Gasteiger partial charge in [-0.25, -0.2) is 0 Å². The summed E-state index contributed by atoms with van der Waals surface area (Å²) < 4.78 is 4.35. The molecule has 2 aromatic heterocycles. The minimum absolute atomic E-state index is 0.758. The van der Waals surface area contributed by atoms with Gasteiger partial charge >= 0.3 is 0 Å². The van der Waals surface area contributed by atoms with Gasteiger partial charge in [0.25, 0.3) is 0 Å². The molecule has 5 nitrogen and oxygen atoms in total. The van der Waals surface area contributed by atoms with E-state index in [1.165, 1.54) is 37.0 Å². The van der Waals surface area contributed by atoms with Crippen LogP contribution in [-0.2, 0) is 6.54 Å². The molecule has 1 unspecified atom stereocenters. The van der Waals surface area contributed by atoms with Gasteiger partial charge in [-0.1, -0.05) is 13.0 Å². The Bertz CT molecular complexity index is 759. The van der Waals surface area contributed by atoms with Crippen molar-refractivity contribution in [1.82, 2.24) is 24.2 Å². The van der Waals surface area contributed by atoms with Crippen LogP contribution >= 0.6 is 0 Å². The smallest absolute Gasteiger partial charge is 0.123 e. The molecule has 1 saturated heterocycles. The number of aromatic nitrogens is 4. The van der Waals surface area contributed by atoms with E-state index >= 15 is 0 Å². The van der Waals surface area contributed by atoms with Gasteiger partial charge in [-0.2, -0.15) is 0 Å². The number of benzene rings is 1. The van der Waals surface area contributed by atoms with Crippen LogP contribution in [0.1, 0.15) is 13.3 Å². The molecule has 3 heterocycles. The molecule has 0 amide bonds. The summed E-state index contributed by atoms with van der Waals surface area (Å²) >= 11 is 0. The Labute approximate surface area is 130 Å². The number of hydrogen-bond acceptors (Lipinski definition) is 3. The van der Waals surface area contributed by atoms with Gasteiger partial charge in [-0.3, -0.25) is 4.57 Å². The highest BCUT2D eigenvalue weighted by Crippen LogP contribution is 2.24. The lowest BCUT2D eigenvalue weighted by molar-refractivity contribution is 0.334. The van der Waals surface area contributed by atoms with Crippen LogP contribution in [0.2, 0.25) is 0 Å². The summed E-state index contributed by atoms with van der Waals surface area (Å²) in [6.45, 7) is 6.98. The maximum atomic E-state index is 3.89. The Hall–Kier alpha value is -2.14. The largest absolute Gasteiger partial charge is 0.347 e. The molecule has 1 aliphatic rings. The predicted octanol–water partition coefficient (Wildman–Crippen LogP) is 2.56. The number of nitrogens with zero attached hydrogens (tertiary/aromatic N) is 5. The molecule has 114 valence electrons. The summed E-state index contributed by atoms with van der Waals surface area (Å²) in [7, 11) is 0. The predicted molar refractivity (Wildman–Crippen MR) is 87.1 cm³/mol. The van der Waals surface area contributed by atoms with Gasteiger partial charge in [0.05, 0.1) is 11.2 Å². The zero-order valence-electron chi connectivity index (χ0n) is 12.9. The molecule has 1 atom stereocenters. The number of hydrogen-bond donors (Lipinski definition) is 0. The summed E-state index contributed by atoms with van der Waals surface area (Å²) in [5.41, 5.74) is 2.40. The van der Waals surface area contributed by atoms with E-state index in [1.807, 2.05) is 4.57 Å². The average molecular weight is 295 g/mol. The van der Waals surface area contributed by atoms with Crippen LogP contribution in [0.25, 0.3) is 16.6 Å². The third-order valence-corrected chi connectivity index (χ3v) is 4.75. The quantitative estimate of drug-likeness (QED) is 0.742. The average Bonchev–Trinajstić information content (AvgIpc) is 3.28. The molecular weight excluding hydrogens is 274 g/mol. The Morgan fingerprint density at radius 3 is 2.82 bits per heavy atom. The molecule has 0 aliphatic carbocycles. The van der Waals surface area contributed by atoms with Gasteiger partial charge < -0.3 is 9.47 Å². The van der Waals surface area contributed by atoms with Crippen molar-refractivity contribution in [3.63, 3.8) is 0 Å². The van der Waals surface area contributed by atoms with Crippen molar-refractivity contribution in [3.8, 4) is 5.69 Å². The first-order chi connectivity index (χ1) is 10.8. The van der Waals surface area contributed by atoms with Crippen LogP contribution in [0.3, 0.4) is 0 Å². The first kappa shape index (κ1) is 13.5. The van der Waals surface area contributed by atoms with E-state index in [4.69, 9.17) is 0 Å². The standard InChI is InChI=1S/C17H21N5/c1-2-20-7-5-14(10-20)11-21-8-6-15-3-4-16(9-17(15)21)22-12-18-19-13-22/h3-4,6,8-9,12-14H,2,5,7,10-11H2,1H3. The Morgan fingerprint density at radius 1 is 1.18 bits per heavy atom. The monoisotopic (exact) mass is 295 g/mol. The highest BCUT2D eigenvalue weighted by Gasteiger charge is 2.21. The molecule has 0 spiro atoms. The zero-order chi connectivity index (χ0) is 14.9. The van der Waals surface area contributed by atoms with Crippen LogP contribution in [0, 0.1) is 5.92 Å². The topological polar surface area (TPSA) is 38.9 Å². The minimum Gasteiger partial charge on any atom is -0.347 e. The molecule has 1 aliphatic heterocycles. The van der Waals surface area contributed by atoms with Gasteiger partial charge in [0, 0.05) is 19.3 Å². The molecule has 5 heteroatoms. The van der Waals surface area contributed by atoms with Crippen molar-refractivity contribution in [3.05, 3.63) is 43.1 Å². The summed E-state index contributed by atoms with van der Waals surface area (Å²) in [5, 5.41) is 9.07. The summed E-state index contributed by atoms with van der Waals surface area (Å²) in [5.74, 6) is 0.758. The molecule has 1 aromatic carbocycles. The first-order valence-electron chi connectivity index (χ1n) is 8.00. The van der Waals surface area contributed by atoms with Crippen molar-refractivity contribution < 1.29 is 0 Å². The normalized spacial score (nSPS) is 19.2. The van der Waals surface area contributed by atoms with Crippen molar-refractivity contribution in [1.29, 1.82) is 0 Å². The molecule has 0 radical (unpaired) electrons. The van der Waals surface area contributed by atoms with Crippen molar-refractivity contribution in [2.24, 2.45) is 5.92 Å². The maximum absolute atomic E-state index is 3.89. The number of fused-ring (bicyclic) bond motifs is 1. The lowest BCUT2D eigenvalue weighted by Crippen LogP contribution is -2.21. The first-order valence-corrected chi connectivity index (χ1v) is 8.00. The van der Waals surface area contributed by atoms with Crippen LogP contribution in [-0.4, -0.2) is 43.9 Å². The third kappa shape index (κ3) is 2.41. The van der Waals surface area contributed by atoms with E-state index in [9.17, 15) is 0 Å². The molecular formula is C17H21N5. The minimum atomic E-state index is 0.758. The van der Waals surface area contributed by atoms with E-state index in [1.54, 1.807) is 12.7 Å². The highest BCUT2D eigenvalue weighted by atomic mass is 15.2. The van der Waals surface area contributed by atoms with E-state index in [2.05, 4.69) is 57.1 Å². The Morgan fingerprint density at radius 2 is 2.05 bits per heavy atom. The fourth-order valence-corrected chi connectivity index (χ4v) is 3.45. The van der Waals surface area contributed by atoms with Crippen molar-refractivity contribution >= 4 is 10.9 Å². The zero-order valence-corrected chi connectivity index (χ0v) is 12.9. The van der Waals surface area contributed by atoms with Gasteiger partial charge in [0.1, 0.15) is 12.7 Å². The highest BCUT2D eigenvalue weighted by molar-refractivity contribution is 5.82. The van der Waals surface area contributed by atoms with E-state index < -0.39 is 0 Å². The summed E-state index contributed by atoms with van der Waals surface area (Å²) in [4.78, 5) is 2.54. The molecule has 1 fully saturated rings. The molecule has 4 rings (SSSR count). The van der Waals surface area contributed by atoms with E-state index in [0.717, 1.165) is 18.2 Å². The van der Waals surface area contributed by atoms with E-state index in [-0.39, 0.29) is 0 Å². The number of rotatable bonds is 4. The Kier molecular flexibility index (Phi) is 3.42. The summed E-state index contributed by atoms with van der Waals surface area (Å²) in [6.07, 6.45) is 7.00.